The van der Waals surface area contributed by atoms with Gasteiger partial charge in [0.2, 0.25) is 0 Å². The van der Waals surface area contributed by atoms with Gasteiger partial charge in [-0.1, -0.05) is 6.07 Å². The van der Waals surface area contributed by atoms with Gasteiger partial charge in [-0.05, 0) is 29.8 Å². The minimum atomic E-state index is -0.151. The number of carbonyl (C=O) groups excluding carboxylic acids is 1. The Bertz CT molecular complexity index is 673. The van der Waals surface area contributed by atoms with Gasteiger partial charge in [0.1, 0.15) is 5.69 Å². The van der Waals surface area contributed by atoms with Crippen LogP contribution in [0.4, 0.5) is 0 Å². The highest BCUT2D eigenvalue weighted by Crippen LogP contribution is 2.11. The van der Waals surface area contributed by atoms with E-state index >= 15 is 0 Å². The van der Waals surface area contributed by atoms with Gasteiger partial charge in [0.05, 0.1) is 11.0 Å². The maximum absolute atomic E-state index is 12.0. The van der Waals surface area contributed by atoms with Crippen molar-refractivity contribution in [2.24, 2.45) is 0 Å². The fourth-order valence-corrected chi connectivity index (χ4v) is 1.86. The number of hydrogen-bond donors (Lipinski definition) is 2. The maximum Gasteiger partial charge on any atom is 0.268 e. The number of carbonyl (C=O) groups is 1. The Morgan fingerprint density at radius 2 is 2.16 bits per heavy atom. The van der Waals surface area contributed by atoms with E-state index in [9.17, 15) is 4.79 Å². The number of hydrogen-bond acceptors (Lipinski definition) is 3. The summed E-state index contributed by atoms with van der Waals surface area (Å²) in [5.74, 6) is -0.151. The minimum absolute atomic E-state index is 0.151. The molecule has 5 nitrogen and oxygen atoms in total. The van der Waals surface area contributed by atoms with Crippen LogP contribution >= 0.6 is 0 Å². The molecule has 0 unspecified atom stereocenters. The molecule has 0 fully saturated rings. The number of aromatic nitrogens is 3. The van der Waals surface area contributed by atoms with Gasteiger partial charge >= 0.3 is 0 Å². The highest BCUT2D eigenvalue weighted by atomic mass is 16.1. The minimum Gasteiger partial charge on any atom is -0.349 e. The molecule has 1 amide bonds. The van der Waals surface area contributed by atoms with Crippen molar-refractivity contribution in [3.05, 3.63) is 60.2 Å². The summed E-state index contributed by atoms with van der Waals surface area (Å²) in [7, 11) is 0. The molecule has 3 aromatic rings. The van der Waals surface area contributed by atoms with Crippen molar-refractivity contribution in [2.45, 2.75) is 6.54 Å². The second-order valence-electron chi connectivity index (χ2n) is 4.16. The lowest BCUT2D eigenvalue weighted by Crippen LogP contribution is -2.23. The summed E-state index contributed by atoms with van der Waals surface area (Å²) in [5.41, 5.74) is 3.12. The normalized spacial score (nSPS) is 10.5. The Morgan fingerprint density at radius 1 is 1.26 bits per heavy atom. The van der Waals surface area contributed by atoms with Crippen LogP contribution in [0.3, 0.4) is 0 Å². The fraction of sp³-hybridized carbons (Fsp3) is 0.0714. The number of amides is 1. The molecule has 3 heterocycles. The topological polar surface area (TPSA) is 70.7 Å². The van der Waals surface area contributed by atoms with Crippen LogP contribution in [0.15, 0.2) is 48.9 Å². The Morgan fingerprint density at radius 3 is 2.95 bits per heavy atom. The first kappa shape index (κ1) is 11.4. The van der Waals surface area contributed by atoms with Crippen LogP contribution in [-0.2, 0) is 6.54 Å². The van der Waals surface area contributed by atoms with Crippen LogP contribution < -0.4 is 5.32 Å². The second-order valence-corrected chi connectivity index (χ2v) is 4.16. The molecule has 0 atom stereocenters. The van der Waals surface area contributed by atoms with Gasteiger partial charge in [-0.2, -0.15) is 0 Å². The smallest absolute Gasteiger partial charge is 0.268 e. The summed E-state index contributed by atoms with van der Waals surface area (Å²) in [6.45, 7) is 0.454. The highest BCUT2D eigenvalue weighted by molar-refractivity contribution is 5.96. The summed E-state index contributed by atoms with van der Waals surface area (Å²) in [4.78, 5) is 23.2. The number of rotatable bonds is 3. The van der Waals surface area contributed by atoms with Crippen LogP contribution in [0, 0.1) is 0 Å². The molecule has 0 radical (unpaired) electrons. The number of aromatic amines is 1. The molecule has 19 heavy (non-hydrogen) atoms. The van der Waals surface area contributed by atoms with Crippen LogP contribution in [-0.4, -0.2) is 20.9 Å². The molecule has 0 aliphatic carbocycles. The molecular weight excluding hydrogens is 240 g/mol. The molecule has 94 valence electrons. The number of nitrogens with one attached hydrogen (secondary N) is 2. The van der Waals surface area contributed by atoms with Gasteiger partial charge in [0.15, 0.2) is 0 Å². The van der Waals surface area contributed by atoms with Crippen LogP contribution in [0.25, 0.3) is 11.0 Å². The van der Waals surface area contributed by atoms with Crippen molar-refractivity contribution in [1.29, 1.82) is 0 Å². The van der Waals surface area contributed by atoms with Gasteiger partial charge < -0.3 is 10.3 Å². The second kappa shape index (κ2) is 4.89. The highest BCUT2D eigenvalue weighted by Gasteiger charge is 2.09. The van der Waals surface area contributed by atoms with E-state index < -0.39 is 0 Å². The van der Waals surface area contributed by atoms with Gasteiger partial charge in [-0.25, -0.2) is 0 Å². The molecule has 0 aliphatic rings. The van der Waals surface area contributed by atoms with Gasteiger partial charge in [0.25, 0.3) is 5.91 Å². The van der Waals surface area contributed by atoms with E-state index in [-0.39, 0.29) is 5.91 Å². The predicted molar refractivity (Wildman–Crippen MR) is 71.5 cm³/mol. The number of fused-ring (bicyclic) bond motifs is 1. The lowest BCUT2D eigenvalue weighted by molar-refractivity contribution is 0.0946. The summed E-state index contributed by atoms with van der Waals surface area (Å²) in [5, 5.41) is 2.84. The molecule has 5 heteroatoms. The molecule has 0 saturated heterocycles. The summed E-state index contributed by atoms with van der Waals surface area (Å²) in [6.07, 6.45) is 5.13. The van der Waals surface area contributed by atoms with E-state index in [4.69, 9.17) is 0 Å². The van der Waals surface area contributed by atoms with Gasteiger partial charge in [0, 0.05) is 25.1 Å². The SMILES string of the molecule is O=C(NCc1cccnc1)c1cc2ncccc2[nH]1. The third-order valence-electron chi connectivity index (χ3n) is 2.81. The number of pyridine rings is 2. The molecule has 0 aromatic carbocycles. The first-order valence-electron chi connectivity index (χ1n) is 5.94. The number of nitrogens with zero attached hydrogens (tertiary/aromatic N) is 2. The van der Waals surface area contributed by atoms with Crippen molar-refractivity contribution < 1.29 is 4.79 Å². The summed E-state index contributed by atoms with van der Waals surface area (Å²) < 4.78 is 0. The standard InChI is InChI=1S/C14H12N4O/c19-14(17-9-10-3-1-5-15-8-10)13-7-12-11(18-13)4-2-6-16-12/h1-8,18H,9H2,(H,17,19). The van der Waals surface area contributed by atoms with E-state index in [1.54, 1.807) is 24.7 Å². The molecule has 3 rings (SSSR count). The Hall–Kier alpha value is -2.69. The summed E-state index contributed by atoms with van der Waals surface area (Å²) >= 11 is 0. The van der Waals surface area contributed by atoms with Crippen molar-refractivity contribution in [3.63, 3.8) is 0 Å². The van der Waals surface area contributed by atoms with E-state index in [0.29, 0.717) is 12.2 Å². The lowest BCUT2D eigenvalue weighted by Gasteiger charge is -2.02. The van der Waals surface area contributed by atoms with Crippen molar-refractivity contribution in [2.75, 3.05) is 0 Å². The van der Waals surface area contributed by atoms with Gasteiger partial charge in [-0.3, -0.25) is 14.8 Å². The summed E-state index contributed by atoms with van der Waals surface area (Å²) in [6, 6.07) is 9.22. The van der Waals surface area contributed by atoms with Crippen LogP contribution in [0.5, 0.6) is 0 Å². The van der Waals surface area contributed by atoms with E-state index in [1.165, 1.54) is 0 Å². The average Bonchev–Trinajstić information content (AvgIpc) is 2.90. The van der Waals surface area contributed by atoms with Crippen LogP contribution in [0.2, 0.25) is 0 Å². The van der Waals surface area contributed by atoms with Crippen molar-refractivity contribution >= 4 is 16.9 Å². The van der Waals surface area contributed by atoms with Gasteiger partial charge in [-0.15, -0.1) is 0 Å². The maximum atomic E-state index is 12.0. The molecule has 0 aliphatic heterocycles. The zero-order valence-electron chi connectivity index (χ0n) is 10.1. The average molecular weight is 252 g/mol. The molecule has 2 N–H and O–H groups in total. The monoisotopic (exact) mass is 252 g/mol. The first-order chi connectivity index (χ1) is 9.33. The molecule has 0 saturated carbocycles. The predicted octanol–water partition coefficient (Wildman–Crippen LogP) is 1.89. The molecule has 0 bridgehead atoms. The Labute approximate surface area is 109 Å². The van der Waals surface area contributed by atoms with Crippen molar-refractivity contribution in [3.8, 4) is 0 Å². The Balaban J connectivity index is 1.73. The van der Waals surface area contributed by atoms with E-state index in [1.807, 2.05) is 24.3 Å². The van der Waals surface area contributed by atoms with E-state index in [2.05, 4.69) is 20.3 Å². The number of H-pyrrole nitrogens is 1. The van der Waals surface area contributed by atoms with E-state index in [0.717, 1.165) is 16.6 Å². The molecule has 0 spiro atoms. The third-order valence-corrected chi connectivity index (χ3v) is 2.81. The largest absolute Gasteiger partial charge is 0.349 e. The molecular formula is C14H12N4O. The fourth-order valence-electron chi connectivity index (χ4n) is 1.86. The quantitative estimate of drug-likeness (QED) is 0.747. The zero-order valence-corrected chi connectivity index (χ0v) is 10.1. The van der Waals surface area contributed by atoms with Crippen LogP contribution in [0.1, 0.15) is 16.1 Å². The lowest BCUT2D eigenvalue weighted by atomic mass is 10.3. The van der Waals surface area contributed by atoms with Crippen molar-refractivity contribution in [1.82, 2.24) is 20.3 Å². The zero-order chi connectivity index (χ0) is 13.1. The molecule has 3 aromatic heterocycles. The first-order valence-corrected chi connectivity index (χ1v) is 5.94. The Kier molecular flexibility index (Phi) is 2.94. The third kappa shape index (κ3) is 2.44.